The Hall–Kier alpha value is -3.30. The van der Waals surface area contributed by atoms with Gasteiger partial charge in [-0.2, -0.15) is 9.06 Å². The number of nitrogens with two attached hydrogens (primary N) is 2. The average molecular weight is 402 g/mol. The first-order chi connectivity index (χ1) is 12.8. The van der Waals surface area contributed by atoms with Gasteiger partial charge in [-0.05, 0) is 60.1 Å². The molecule has 0 saturated carbocycles. The summed E-state index contributed by atoms with van der Waals surface area (Å²) in [6.07, 6.45) is 0. The molecule has 4 N–H and O–H groups in total. The zero-order valence-electron chi connectivity index (χ0n) is 13.6. The summed E-state index contributed by atoms with van der Waals surface area (Å²) in [4.78, 5) is 39.1. The average Bonchev–Trinajstić information content (AvgIpc) is 3.06. The van der Waals surface area contributed by atoms with Crippen molar-refractivity contribution >= 4 is 40.9 Å². The van der Waals surface area contributed by atoms with E-state index in [0.29, 0.717) is 21.8 Å². The number of rotatable bonds is 4. The smallest absolute Gasteiger partial charge is 0.278 e. The molecule has 0 radical (unpaired) electrons. The Kier molecular flexibility index (Phi) is 5.15. The van der Waals surface area contributed by atoms with Gasteiger partial charge in [0.05, 0.1) is 5.69 Å². The largest absolute Gasteiger partial charge is 0.366 e. The number of carbonyl (C=O) groups excluding carboxylic acids is 3. The van der Waals surface area contributed by atoms with E-state index in [1.807, 2.05) is 0 Å². The van der Waals surface area contributed by atoms with Crippen molar-refractivity contribution in [1.82, 2.24) is 9.17 Å². The molecule has 136 valence electrons. The molecule has 3 rings (SSSR count). The SMILES string of the molecule is NC(=O)c1ccc(-n2nc(C(N)=O)c(=NC(=O)c3ccc(Cl)cc3)s2)cc1. The summed E-state index contributed by atoms with van der Waals surface area (Å²) < 4.78 is 1.44. The predicted molar refractivity (Wildman–Crippen MR) is 99.8 cm³/mol. The molecule has 1 aromatic heterocycles. The van der Waals surface area contributed by atoms with E-state index in [2.05, 4.69) is 10.1 Å². The molecule has 0 atom stereocenters. The van der Waals surface area contributed by atoms with Gasteiger partial charge in [0.2, 0.25) is 5.91 Å². The lowest BCUT2D eigenvalue weighted by molar-refractivity contribution is 0.0986. The highest BCUT2D eigenvalue weighted by molar-refractivity contribution is 7.04. The van der Waals surface area contributed by atoms with E-state index in [4.69, 9.17) is 23.1 Å². The van der Waals surface area contributed by atoms with Crippen LogP contribution in [0.4, 0.5) is 0 Å². The zero-order chi connectivity index (χ0) is 19.6. The van der Waals surface area contributed by atoms with Gasteiger partial charge in [-0.15, -0.1) is 5.10 Å². The van der Waals surface area contributed by atoms with Crippen LogP contribution in [-0.4, -0.2) is 26.9 Å². The van der Waals surface area contributed by atoms with Crippen LogP contribution in [0.15, 0.2) is 53.5 Å². The number of hydrogen-bond acceptors (Lipinski definition) is 5. The third kappa shape index (κ3) is 4.10. The maximum absolute atomic E-state index is 12.3. The van der Waals surface area contributed by atoms with E-state index < -0.39 is 17.7 Å². The van der Waals surface area contributed by atoms with Gasteiger partial charge >= 0.3 is 0 Å². The molecular weight excluding hydrogens is 390 g/mol. The van der Waals surface area contributed by atoms with Crippen molar-refractivity contribution in [3.63, 3.8) is 0 Å². The van der Waals surface area contributed by atoms with Crippen LogP contribution >= 0.6 is 23.1 Å². The molecule has 0 aliphatic heterocycles. The van der Waals surface area contributed by atoms with E-state index in [1.165, 1.54) is 28.3 Å². The Morgan fingerprint density at radius 3 is 2.07 bits per heavy atom. The summed E-state index contributed by atoms with van der Waals surface area (Å²) in [6.45, 7) is 0. The van der Waals surface area contributed by atoms with E-state index >= 15 is 0 Å². The van der Waals surface area contributed by atoms with Crippen molar-refractivity contribution < 1.29 is 14.4 Å². The van der Waals surface area contributed by atoms with Crippen LogP contribution in [0, 0.1) is 0 Å². The summed E-state index contributed by atoms with van der Waals surface area (Å²) in [5, 5.41) is 4.58. The van der Waals surface area contributed by atoms with Gasteiger partial charge in [0.25, 0.3) is 11.8 Å². The molecule has 0 unspecified atom stereocenters. The zero-order valence-corrected chi connectivity index (χ0v) is 15.2. The maximum Gasteiger partial charge on any atom is 0.278 e. The molecule has 2 aromatic carbocycles. The fourth-order valence-corrected chi connectivity index (χ4v) is 3.11. The Morgan fingerprint density at radius 2 is 1.52 bits per heavy atom. The molecule has 8 nitrogen and oxygen atoms in total. The molecule has 0 aliphatic carbocycles. The van der Waals surface area contributed by atoms with Crippen LogP contribution in [0.25, 0.3) is 5.69 Å². The molecule has 0 bridgehead atoms. The number of benzene rings is 2. The monoisotopic (exact) mass is 401 g/mol. The van der Waals surface area contributed by atoms with Crippen molar-refractivity contribution in [2.24, 2.45) is 16.5 Å². The molecule has 0 fully saturated rings. The quantitative estimate of drug-likeness (QED) is 0.685. The van der Waals surface area contributed by atoms with Gasteiger partial charge in [0.1, 0.15) is 0 Å². The van der Waals surface area contributed by atoms with Crippen molar-refractivity contribution in [2.45, 2.75) is 0 Å². The summed E-state index contributed by atoms with van der Waals surface area (Å²) in [5.74, 6) is -1.94. The Bertz CT molecular complexity index is 1100. The van der Waals surface area contributed by atoms with Crippen LogP contribution in [0.2, 0.25) is 5.02 Å². The van der Waals surface area contributed by atoms with E-state index in [9.17, 15) is 14.4 Å². The first-order valence-electron chi connectivity index (χ1n) is 7.50. The Balaban J connectivity index is 2.02. The van der Waals surface area contributed by atoms with Crippen LogP contribution in [0.5, 0.6) is 0 Å². The summed E-state index contributed by atoms with van der Waals surface area (Å²) in [6, 6.07) is 12.4. The minimum atomic E-state index is -0.818. The summed E-state index contributed by atoms with van der Waals surface area (Å²) >= 11 is 6.76. The highest BCUT2D eigenvalue weighted by Crippen LogP contribution is 2.12. The highest BCUT2D eigenvalue weighted by atomic mass is 35.5. The molecule has 0 saturated heterocycles. The lowest BCUT2D eigenvalue weighted by Crippen LogP contribution is -2.20. The molecule has 3 amide bonds. The predicted octanol–water partition coefficient (Wildman–Crippen LogP) is 1.53. The first kappa shape index (κ1) is 18.5. The third-order valence-electron chi connectivity index (χ3n) is 3.47. The molecule has 27 heavy (non-hydrogen) atoms. The van der Waals surface area contributed by atoms with Crippen molar-refractivity contribution in [3.8, 4) is 5.69 Å². The van der Waals surface area contributed by atoms with Crippen LogP contribution in [0.3, 0.4) is 0 Å². The van der Waals surface area contributed by atoms with Gasteiger partial charge in [0, 0.05) is 16.1 Å². The van der Waals surface area contributed by atoms with E-state index in [0.717, 1.165) is 11.5 Å². The normalized spacial score (nSPS) is 11.4. The van der Waals surface area contributed by atoms with Gasteiger partial charge in [-0.3, -0.25) is 14.4 Å². The molecular formula is C17H12ClN5O3S. The van der Waals surface area contributed by atoms with Gasteiger partial charge in [-0.25, -0.2) is 0 Å². The molecule has 0 spiro atoms. The molecule has 10 heteroatoms. The standard InChI is InChI=1S/C17H12ClN5O3S/c18-11-5-1-10(2-6-11)16(26)21-17-13(15(20)25)22-23(27-17)12-7-3-9(4-8-12)14(19)24/h1-8H,(H2,19,24)(H2,20,25). The molecule has 3 aromatic rings. The van der Waals surface area contributed by atoms with Crippen LogP contribution in [-0.2, 0) is 0 Å². The number of nitrogens with zero attached hydrogens (tertiary/aromatic N) is 3. The number of primary amides is 2. The van der Waals surface area contributed by atoms with Gasteiger partial charge < -0.3 is 11.5 Å². The number of hydrogen-bond donors (Lipinski definition) is 2. The topological polar surface area (TPSA) is 133 Å². The van der Waals surface area contributed by atoms with Crippen LogP contribution in [0.1, 0.15) is 31.2 Å². The van der Waals surface area contributed by atoms with Crippen molar-refractivity contribution in [3.05, 3.63) is 75.0 Å². The van der Waals surface area contributed by atoms with Crippen molar-refractivity contribution in [1.29, 1.82) is 0 Å². The fraction of sp³-hybridized carbons (Fsp3) is 0. The summed E-state index contributed by atoms with van der Waals surface area (Å²) in [5.41, 5.74) is 11.6. The number of halogens is 1. The van der Waals surface area contributed by atoms with E-state index in [1.54, 1.807) is 24.3 Å². The van der Waals surface area contributed by atoms with Gasteiger partial charge in [-0.1, -0.05) is 11.6 Å². The second-order valence-electron chi connectivity index (χ2n) is 5.32. The molecule has 1 heterocycles. The van der Waals surface area contributed by atoms with E-state index in [-0.39, 0.29) is 10.4 Å². The van der Waals surface area contributed by atoms with Crippen LogP contribution < -0.4 is 16.1 Å². The molecule has 0 aliphatic rings. The lowest BCUT2D eigenvalue weighted by Gasteiger charge is -2.00. The highest BCUT2D eigenvalue weighted by Gasteiger charge is 2.15. The first-order valence-corrected chi connectivity index (χ1v) is 8.65. The Morgan fingerprint density at radius 1 is 0.926 bits per heavy atom. The Labute approximate surface area is 161 Å². The van der Waals surface area contributed by atoms with Gasteiger partial charge in [0.15, 0.2) is 10.4 Å². The summed E-state index contributed by atoms with van der Waals surface area (Å²) in [7, 11) is 0. The number of carbonyl (C=O) groups is 3. The number of amides is 3. The minimum absolute atomic E-state index is 0.0708. The third-order valence-corrected chi connectivity index (χ3v) is 4.64. The lowest BCUT2D eigenvalue weighted by atomic mass is 10.2. The minimum Gasteiger partial charge on any atom is -0.366 e. The number of aromatic nitrogens is 2. The fourth-order valence-electron chi connectivity index (χ4n) is 2.12. The second kappa shape index (κ2) is 7.52. The maximum atomic E-state index is 12.3. The second-order valence-corrected chi connectivity index (χ2v) is 6.67. The van der Waals surface area contributed by atoms with Crippen molar-refractivity contribution in [2.75, 3.05) is 0 Å².